The predicted octanol–water partition coefficient (Wildman–Crippen LogP) is 8.56. The monoisotopic (exact) mass is 573 g/mol. The molecule has 0 aliphatic carbocycles. The Morgan fingerprint density at radius 2 is 1.52 bits per heavy atom. The molecule has 0 bridgehead atoms. The van der Waals surface area contributed by atoms with Crippen molar-refractivity contribution in [1.82, 2.24) is 14.9 Å². The number of piperidine rings is 1. The van der Waals surface area contributed by atoms with E-state index in [-0.39, 0.29) is 16.7 Å². The number of aryl methyl sites for hydroxylation is 1. The summed E-state index contributed by atoms with van der Waals surface area (Å²) in [7, 11) is 0. The molecule has 5 nitrogen and oxygen atoms in total. The van der Waals surface area contributed by atoms with E-state index in [9.17, 15) is 9.90 Å². The van der Waals surface area contributed by atoms with Gasteiger partial charge in [-0.25, -0.2) is 9.97 Å². The number of benzene rings is 2. The van der Waals surface area contributed by atoms with Crippen LogP contribution in [0.25, 0.3) is 21.8 Å². The minimum atomic E-state index is -0.184. The molecule has 0 radical (unpaired) electrons. The molecule has 2 aromatic carbocycles. The lowest BCUT2D eigenvalue weighted by Gasteiger charge is -2.31. The zero-order chi connectivity index (χ0) is 28.8. The maximum Gasteiger partial charge on any atom is 0.265 e. The Hall–Kier alpha value is -3.03. The number of carbonyl (C=O) groups excluding carboxylic acids is 1. The summed E-state index contributed by atoms with van der Waals surface area (Å²) < 4.78 is 0. The number of aromatic hydroxyl groups is 1. The number of hydrogen-bond acceptors (Lipinski definition) is 6. The summed E-state index contributed by atoms with van der Waals surface area (Å²) in [5, 5.41) is 15.3. The zero-order valence-corrected chi connectivity index (χ0v) is 26.2. The van der Waals surface area contributed by atoms with E-state index in [2.05, 4.69) is 64.0 Å². The zero-order valence-electron chi connectivity index (χ0n) is 24.5. The van der Waals surface area contributed by atoms with Crippen LogP contribution >= 0.6 is 22.7 Å². The van der Waals surface area contributed by atoms with E-state index in [1.165, 1.54) is 11.3 Å². The van der Waals surface area contributed by atoms with Crippen LogP contribution in [0.2, 0.25) is 0 Å². The lowest BCUT2D eigenvalue weighted by molar-refractivity contribution is 0.0717. The van der Waals surface area contributed by atoms with Crippen LogP contribution in [0.4, 0.5) is 0 Å². The van der Waals surface area contributed by atoms with Gasteiger partial charge in [0.25, 0.3) is 5.91 Å². The Labute approximate surface area is 246 Å². The number of nitrogens with zero attached hydrogens (tertiary/aromatic N) is 3. The molecular formula is C33H39N3O2S2. The maximum atomic E-state index is 13.4. The number of carbonyl (C=O) groups is 1. The highest BCUT2D eigenvalue weighted by Gasteiger charge is 2.30. The van der Waals surface area contributed by atoms with E-state index in [1.54, 1.807) is 11.3 Å². The molecule has 1 fully saturated rings. The van der Waals surface area contributed by atoms with Crippen LogP contribution in [-0.2, 0) is 10.8 Å². The fraction of sp³-hybridized carbons (Fsp3) is 0.424. The number of likely N-dealkylation sites (tertiary alicyclic amines) is 1. The predicted molar refractivity (Wildman–Crippen MR) is 167 cm³/mol. The SMILES string of the molecule is Cc1nc(-c2ccccc2)sc1C(=O)N1CCC(c2nc(-c3cc(C(C)(C)C)c(O)c(C(C)(C)C)c3)cs2)CC1. The highest BCUT2D eigenvalue weighted by atomic mass is 32.1. The Morgan fingerprint density at radius 1 is 0.925 bits per heavy atom. The van der Waals surface area contributed by atoms with Crippen LogP contribution in [0, 0.1) is 6.92 Å². The molecule has 1 amide bonds. The summed E-state index contributed by atoms with van der Waals surface area (Å²) >= 11 is 3.19. The van der Waals surface area contributed by atoms with Crippen LogP contribution < -0.4 is 0 Å². The van der Waals surface area contributed by atoms with Crippen molar-refractivity contribution >= 4 is 28.6 Å². The van der Waals surface area contributed by atoms with Crippen molar-refractivity contribution in [2.75, 3.05) is 13.1 Å². The third-order valence-corrected chi connectivity index (χ3v) is 9.89. The van der Waals surface area contributed by atoms with Gasteiger partial charge in [0.2, 0.25) is 0 Å². The van der Waals surface area contributed by atoms with Crippen LogP contribution in [0.15, 0.2) is 47.8 Å². The van der Waals surface area contributed by atoms with Crippen molar-refractivity contribution < 1.29 is 9.90 Å². The molecule has 5 rings (SSSR count). The third kappa shape index (κ3) is 5.72. The molecule has 1 aliphatic heterocycles. The highest BCUT2D eigenvalue weighted by molar-refractivity contribution is 7.17. The summed E-state index contributed by atoms with van der Waals surface area (Å²) in [4.78, 5) is 25.9. The molecule has 3 heterocycles. The Balaban J connectivity index is 1.31. The molecule has 0 saturated carbocycles. The van der Waals surface area contributed by atoms with Crippen molar-refractivity contribution in [1.29, 1.82) is 0 Å². The van der Waals surface area contributed by atoms with Crippen molar-refractivity contribution in [2.45, 2.75) is 78.1 Å². The van der Waals surface area contributed by atoms with Gasteiger partial charge in [-0.1, -0.05) is 71.9 Å². The number of thiazole rings is 2. The van der Waals surface area contributed by atoms with Crippen LogP contribution in [-0.4, -0.2) is 39.0 Å². The van der Waals surface area contributed by atoms with Crippen LogP contribution in [0.5, 0.6) is 5.75 Å². The lowest BCUT2D eigenvalue weighted by atomic mass is 9.78. The second-order valence-corrected chi connectivity index (χ2v) is 14.7. The number of amides is 1. The molecule has 210 valence electrons. The minimum Gasteiger partial charge on any atom is -0.507 e. The molecule has 40 heavy (non-hydrogen) atoms. The summed E-state index contributed by atoms with van der Waals surface area (Å²) in [6.07, 6.45) is 1.80. The summed E-state index contributed by atoms with van der Waals surface area (Å²) in [6, 6.07) is 14.3. The first-order valence-electron chi connectivity index (χ1n) is 14.0. The van der Waals surface area contributed by atoms with Crippen molar-refractivity contribution in [3.05, 3.63) is 74.6 Å². The maximum absolute atomic E-state index is 13.4. The fourth-order valence-corrected chi connectivity index (χ4v) is 7.35. The molecule has 0 atom stereocenters. The Bertz CT molecular complexity index is 1480. The Morgan fingerprint density at radius 3 is 2.10 bits per heavy atom. The first-order valence-corrected chi connectivity index (χ1v) is 15.7. The molecule has 1 aliphatic rings. The van der Waals surface area contributed by atoms with E-state index >= 15 is 0 Å². The molecule has 7 heteroatoms. The van der Waals surface area contributed by atoms with E-state index in [4.69, 9.17) is 4.98 Å². The first-order chi connectivity index (χ1) is 18.8. The minimum absolute atomic E-state index is 0.0870. The summed E-state index contributed by atoms with van der Waals surface area (Å²) in [6.45, 7) is 16.2. The van der Waals surface area contributed by atoms with Gasteiger partial charge in [0.1, 0.15) is 15.6 Å². The fourth-order valence-electron chi connectivity index (χ4n) is 5.31. The van der Waals surface area contributed by atoms with Gasteiger partial charge in [0.05, 0.1) is 16.4 Å². The van der Waals surface area contributed by atoms with Crippen LogP contribution in [0.1, 0.15) is 91.8 Å². The molecule has 1 saturated heterocycles. The van der Waals surface area contributed by atoms with E-state index in [1.807, 2.05) is 42.2 Å². The number of phenolic OH excluding ortho intramolecular Hbond substituents is 1. The van der Waals surface area contributed by atoms with Gasteiger partial charge in [-0.3, -0.25) is 4.79 Å². The van der Waals surface area contributed by atoms with Gasteiger partial charge in [-0.05, 0) is 42.7 Å². The van der Waals surface area contributed by atoms with Gasteiger partial charge >= 0.3 is 0 Å². The molecule has 0 spiro atoms. The normalized spacial score (nSPS) is 15.0. The molecule has 1 N–H and O–H groups in total. The lowest BCUT2D eigenvalue weighted by Crippen LogP contribution is -2.37. The van der Waals surface area contributed by atoms with Gasteiger partial charge in [-0.15, -0.1) is 22.7 Å². The number of rotatable bonds is 4. The molecule has 0 unspecified atom stereocenters. The average molecular weight is 574 g/mol. The standard InChI is InChI=1S/C33H39N3O2S2/c1-20-28(40-30(34-20)21-11-9-8-10-12-21)31(38)36-15-13-22(14-16-36)29-35-26(19-39-29)23-17-24(32(2,3)4)27(37)25(18-23)33(5,6)7/h8-12,17-19,22,37H,13-16H2,1-7H3. The Kier molecular flexibility index (Phi) is 7.66. The second-order valence-electron chi connectivity index (χ2n) is 12.9. The van der Waals surface area contributed by atoms with E-state index in [0.717, 1.165) is 74.5 Å². The quantitative estimate of drug-likeness (QED) is 0.266. The smallest absolute Gasteiger partial charge is 0.265 e. The number of hydrogen-bond donors (Lipinski definition) is 1. The van der Waals surface area contributed by atoms with E-state index < -0.39 is 0 Å². The number of phenols is 1. The van der Waals surface area contributed by atoms with Crippen molar-refractivity contribution in [3.8, 4) is 27.6 Å². The first kappa shape index (κ1) is 28.5. The molecule has 2 aromatic heterocycles. The summed E-state index contributed by atoms with van der Waals surface area (Å²) in [5.74, 6) is 0.818. The third-order valence-electron chi connectivity index (χ3n) is 7.69. The summed E-state index contributed by atoms with van der Waals surface area (Å²) in [5.41, 5.74) is 5.40. The van der Waals surface area contributed by atoms with E-state index in [0.29, 0.717) is 11.7 Å². The topological polar surface area (TPSA) is 66.3 Å². The molecule has 4 aromatic rings. The van der Waals surface area contributed by atoms with Crippen LogP contribution in [0.3, 0.4) is 0 Å². The average Bonchev–Trinajstić information content (AvgIpc) is 3.55. The van der Waals surface area contributed by atoms with Gasteiger partial charge in [0.15, 0.2) is 0 Å². The highest BCUT2D eigenvalue weighted by Crippen LogP contribution is 2.43. The number of aromatic nitrogens is 2. The van der Waals surface area contributed by atoms with Gasteiger partial charge in [-0.2, -0.15) is 0 Å². The molecular weight excluding hydrogens is 535 g/mol. The van der Waals surface area contributed by atoms with Crippen molar-refractivity contribution in [2.24, 2.45) is 0 Å². The van der Waals surface area contributed by atoms with Crippen molar-refractivity contribution in [3.63, 3.8) is 0 Å². The largest absolute Gasteiger partial charge is 0.507 e. The van der Waals surface area contributed by atoms with Gasteiger partial charge < -0.3 is 10.0 Å². The van der Waals surface area contributed by atoms with Gasteiger partial charge in [0, 0.05) is 46.6 Å². The second kappa shape index (κ2) is 10.7.